The van der Waals surface area contributed by atoms with E-state index >= 15 is 0 Å². The fraction of sp³-hybridized carbons (Fsp3) is 0.591. The van der Waals surface area contributed by atoms with Crippen molar-refractivity contribution in [3.05, 3.63) is 35.7 Å². The van der Waals surface area contributed by atoms with Gasteiger partial charge in [0, 0.05) is 24.1 Å². The van der Waals surface area contributed by atoms with Crippen LogP contribution in [0, 0.1) is 5.92 Å². The summed E-state index contributed by atoms with van der Waals surface area (Å²) in [7, 11) is 0. The van der Waals surface area contributed by atoms with Crippen molar-refractivity contribution >= 4 is 5.95 Å². The molecule has 5 rings (SSSR count). The van der Waals surface area contributed by atoms with Crippen LogP contribution in [-0.2, 0) is 12.0 Å². The maximum atomic E-state index is 4.96. The molecule has 1 fully saturated rings. The van der Waals surface area contributed by atoms with Crippen LogP contribution >= 0.6 is 0 Å². The van der Waals surface area contributed by atoms with Gasteiger partial charge >= 0.3 is 0 Å². The first-order valence-electron chi connectivity index (χ1n) is 10.6. The van der Waals surface area contributed by atoms with Gasteiger partial charge < -0.3 is 5.32 Å². The lowest BCUT2D eigenvalue weighted by Crippen LogP contribution is -2.28. The fourth-order valence-corrected chi connectivity index (χ4v) is 4.65. The van der Waals surface area contributed by atoms with E-state index in [0.717, 1.165) is 49.3 Å². The van der Waals surface area contributed by atoms with E-state index in [4.69, 9.17) is 15.0 Å². The Morgan fingerprint density at radius 3 is 2.93 bits per heavy atom. The molecule has 1 N–H and O–H groups in total. The summed E-state index contributed by atoms with van der Waals surface area (Å²) in [6.45, 7) is 6.47. The third-order valence-corrected chi connectivity index (χ3v) is 6.67. The molecule has 0 amide bonds. The molecule has 5 nitrogen and oxygen atoms in total. The van der Waals surface area contributed by atoms with Crippen LogP contribution in [0.25, 0.3) is 11.4 Å². The maximum Gasteiger partial charge on any atom is 0.226 e. The third kappa shape index (κ3) is 3.45. The highest BCUT2D eigenvalue weighted by Crippen LogP contribution is 2.51. The van der Waals surface area contributed by atoms with E-state index in [0.29, 0.717) is 5.92 Å². The summed E-state index contributed by atoms with van der Waals surface area (Å²) in [5, 5.41) is 3.56. The molecule has 3 aliphatic rings. The molecule has 6 bridgehead atoms. The smallest absolute Gasteiger partial charge is 0.226 e. The van der Waals surface area contributed by atoms with Crippen LogP contribution in [0.1, 0.15) is 56.8 Å². The summed E-state index contributed by atoms with van der Waals surface area (Å²) in [6, 6.07) is 8.77. The zero-order valence-corrected chi connectivity index (χ0v) is 16.2. The summed E-state index contributed by atoms with van der Waals surface area (Å²) in [6.07, 6.45) is 7.48. The van der Waals surface area contributed by atoms with Gasteiger partial charge in [-0.1, -0.05) is 31.5 Å². The summed E-state index contributed by atoms with van der Waals surface area (Å²) in [5.74, 6) is 3.30. The molecule has 142 valence electrons. The van der Waals surface area contributed by atoms with Gasteiger partial charge in [-0.3, -0.25) is 4.90 Å². The number of rotatable bonds is 1. The molecule has 5 heteroatoms. The second-order valence-corrected chi connectivity index (χ2v) is 8.58. The van der Waals surface area contributed by atoms with Crippen molar-refractivity contribution in [2.45, 2.75) is 57.4 Å². The summed E-state index contributed by atoms with van der Waals surface area (Å²) >= 11 is 0. The molecule has 3 heterocycles. The molecule has 1 aliphatic carbocycles. The number of fused-ring (bicyclic) bond motifs is 8. The largest absolute Gasteiger partial charge is 0.354 e. The molecule has 1 unspecified atom stereocenters. The average Bonchev–Trinajstić information content (AvgIpc) is 3.48. The third-order valence-electron chi connectivity index (χ3n) is 6.67. The Kier molecular flexibility index (Phi) is 4.35. The van der Waals surface area contributed by atoms with Crippen molar-refractivity contribution in [2.75, 3.05) is 25.0 Å². The van der Waals surface area contributed by atoms with Gasteiger partial charge in [-0.05, 0) is 62.7 Å². The highest BCUT2D eigenvalue weighted by molar-refractivity contribution is 5.57. The average molecular weight is 364 g/mol. The lowest BCUT2D eigenvalue weighted by molar-refractivity contribution is 0.251. The van der Waals surface area contributed by atoms with E-state index in [1.54, 1.807) is 0 Å². The highest BCUT2D eigenvalue weighted by atomic mass is 15.2. The van der Waals surface area contributed by atoms with Crippen LogP contribution < -0.4 is 5.32 Å². The van der Waals surface area contributed by atoms with E-state index in [2.05, 4.69) is 41.4 Å². The van der Waals surface area contributed by atoms with E-state index < -0.39 is 0 Å². The summed E-state index contributed by atoms with van der Waals surface area (Å²) < 4.78 is 0. The zero-order valence-electron chi connectivity index (χ0n) is 16.2. The van der Waals surface area contributed by atoms with E-state index in [1.165, 1.54) is 44.1 Å². The molecule has 27 heavy (non-hydrogen) atoms. The standard InChI is InChI=1S/C22H29N5/c1-2-27-12-8-16-6-4-9-22(10-11-22)20-24-19(25-21(26-20)23-14-16)18-7-3-5-17(13-18)15-27/h3,5,7,13,16H,2,4,6,8-12,14-15H2,1H3,(H,23,24,25,26). The minimum absolute atomic E-state index is 0.212. The number of benzene rings is 1. The predicted octanol–water partition coefficient (Wildman–Crippen LogP) is 4.01. The number of hydrogen-bond acceptors (Lipinski definition) is 5. The Hall–Kier alpha value is -2.01. The van der Waals surface area contributed by atoms with Crippen LogP contribution in [0.2, 0.25) is 0 Å². The van der Waals surface area contributed by atoms with Gasteiger partial charge in [0.15, 0.2) is 5.82 Å². The minimum Gasteiger partial charge on any atom is -0.354 e. The van der Waals surface area contributed by atoms with E-state index in [9.17, 15) is 0 Å². The first-order chi connectivity index (χ1) is 13.2. The Balaban J connectivity index is 1.63. The van der Waals surface area contributed by atoms with Crippen LogP contribution in [0.4, 0.5) is 5.95 Å². The molecular weight excluding hydrogens is 334 g/mol. The molecule has 2 aliphatic heterocycles. The Labute approximate surface area is 161 Å². The second kappa shape index (κ2) is 6.86. The van der Waals surface area contributed by atoms with Gasteiger partial charge in [0.2, 0.25) is 5.95 Å². The number of nitrogens with zero attached hydrogens (tertiary/aromatic N) is 4. The van der Waals surface area contributed by atoms with Crippen LogP contribution in [-0.4, -0.2) is 39.5 Å². The molecule has 1 aromatic carbocycles. The van der Waals surface area contributed by atoms with Gasteiger partial charge in [0.05, 0.1) is 0 Å². The van der Waals surface area contributed by atoms with Gasteiger partial charge in [0.1, 0.15) is 5.82 Å². The van der Waals surface area contributed by atoms with Gasteiger partial charge in [0.25, 0.3) is 0 Å². The first-order valence-corrected chi connectivity index (χ1v) is 10.6. The van der Waals surface area contributed by atoms with Crippen LogP contribution in [0.15, 0.2) is 24.3 Å². The SMILES string of the molecule is CCN1CCC2CCCC3(CC3)c3nc(nc(n3)-c3cccc(c3)C1)NC2. The van der Waals surface area contributed by atoms with Crippen LogP contribution in [0.3, 0.4) is 0 Å². The number of anilines is 1. The normalized spacial score (nSPS) is 24.1. The topological polar surface area (TPSA) is 53.9 Å². The van der Waals surface area contributed by atoms with Crippen molar-refractivity contribution in [3.63, 3.8) is 0 Å². The van der Waals surface area contributed by atoms with Gasteiger partial charge in [-0.25, -0.2) is 4.98 Å². The number of aromatic nitrogens is 3. The summed E-state index contributed by atoms with van der Waals surface area (Å²) in [4.78, 5) is 17.2. The van der Waals surface area contributed by atoms with Gasteiger partial charge in [-0.15, -0.1) is 0 Å². The molecule has 0 radical (unpaired) electrons. The molecule has 1 saturated carbocycles. The van der Waals surface area contributed by atoms with E-state index in [-0.39, 0.29) is 5.41 Å². The van der Waals surface area contributed by atoms with Crippen molar-refractivity contribution in [1.29, 1.82) is 0 Å². The Morgan fingerprint density at radius 1 is 1.15 bits per heavy atom. The lowest BCUT2D eigenvalue weighted by atomic mass is 9.91. The first kappa shape index (κ1) is 17.1. The zero-order chi connectivity index (χ0) is 18.3. The molecule has 1 aromatic heterocycles. The van der Waals surface area contributed by atoms with Gasteiger partial charge in [-0.2, -0.15) is 9.97 Å². The van der Waals surface area contributed by atoms with Crippen molar-refractivity contribution in [2.24, 2.45) is 5.92 Å². The molecule has 2 aromatic rings. The number of hydrogen-bond donors (Lipinski definition) is 1. The number of nitrogens with one attached hydrogen (secondary N) is 1. The van der Waals surface area contributed by atoms with E-state index in [1.807, 2.05) is 0 Å². The molecule has 0 saturated heterocycles. The highest BCUT2D eigenvalue weighted by Gasteiger charge is 2.47. The molecule has 1 spiro atoms. The lowest BCUT2D eigenvalue weighted by Gasteiger charge is -2.25. The quantitative estimate of drug-likeness (QED) is 0.830. The Morgan fingerprint density at radius 2 is 2.07 bits per heavy atom. The monoisotopic (exact) mass is 363 g/mol. The minimum atomic E-state index is 0.212. The van der Waals surface area contributed by atoms with Crippen molar-refractivity contribution in [3.8, 4) is 11.4 Å². The van der Waals surface area contributed by atoms with Crippen LogP contribution in [0.5, 0.6) is 0 Å². The Bertz CT molecular complexity index is 829. The second-order valence-electron chi connectivity index (χ2n) is 8.58. The molecule has 1 atom stereocenters. The summed E-state index contributed by atoms with van der Waals surface area (Å²) in [5.41, 5.74) is 2.67. The van der Waals surface area contributed by atoms with Crippen molar-refractivity contribution in [1.82, 2.24) is 19.9 Å². The maximum absolute atomic E-state index is 4.96. The fourth-order valence-electron chi connectivity index (χ4n) is 4.65. The predicted molar refractivity (Wildman–Crippen MR) is 108 cm³/mol. The van der Waals surface area contributed by atoms with Crippen molar-refractivity contribution < 1.29 is 0 Å². The molecular formula is C22H29N5.